The highest BCUT2D eigenvalue weighted by molar-refractivity contribution is 5.73. The summed E-state index contributed by atoms with van der Waals surface area (Å²) in [4.78, 5) is 14.2. The van der Waals surface area contributed by atoms with Gasteiger partial charge in [-0.15, -0.1) is 0 Å². The molecule has 6 nitrogen and oxygen atoms in total. The van der Waals surface area contributed by atoms with E-state index in [1.807, 2.05) is 72.8 Å². The van der Waals surface area contributed by atoms with Crippen molar-refractivity contribution >= 4 is 5.91 Å². The lowest BCUT2D eigenvalue weighted by atomic mass is 10.1. The van der Waals surface area contributed by atoms with Crippen LogP contribution in [0.1, 0.15) is 42.0 Å². The number of hydrogen-bond acceptors (Lipinski definition) is 5. The van der Waals surface area contributed by atoms with E-state index in [0.717, 1.165) is 35.2 Å². The van der Waals surface area contributed by atoms with Gasteiger partial charge in [0.05, 0.1) is 13.2 Å². The maximum atomic E-state index is 11.8. The maximum absolute atomic E-state index is 11.8. The number of likely N-dealkylation sites (N-methyl/N-ethyl adjacent to an activating group) is 1. The zero-order chi connectivity index (χ0) is 25.2. The van der Waals surface area contributed by atoms with E-state index in [2.05, 4.69) is 17.3 Å². The Morgan fingerprint density at radius 3 is 2.19 bits per heavy atom. The Labute approximate surface area is 214 Å². The van der Waals surface area contributed by atoms with Gasteiger partial charge < -0.3 is 24.4 Å². The smallest absolute Gasteiger partial charge is 0.217 e. The quantitative estimate of drug-likeness (QED) is 0.385. The molecule has 3 aromatic rings. The van der Waals surface area contributed by atoms with Gasteiger partial charge in [-0.1, -0.05) is 66.7 Å². The van der Waals surface area contributed by atoms with Gasteiger partial charge in [-0.3, -0.25) is 4.79 Å². The summed E-state index contributed by atoms with van der Waals surface area (Å²) in [5, 5.41) is 2.94. The molecule has 1 N–H and O–H groups in total. The van der Waals surface area contributed by atoms with Crippen LogP contribution in [-0.4, -0.2) is 37.0 Å². The van der Waals surface area contributed by atoms with Crippen LogP contribution in [0, 0.1) is 0 Å². The lowest BCUT2D eigenvalue weighted by Gasteiger charge is -2.22. The first-order valence-corrected chi connectivity index (χ1v) is 12.6. The second kappa shape index (κ2) is 13.1. The summed E-state index contributed by atoms with van der Waals surface area (Å²) >= 11 is 0. The molecule has 0 aromatic heterocycles. The number of carbonyl (C=O) groups is 1. The molecule has 1 heterocycles. The molecule has 4 rings (SSSR count). The number of nitrogens with one attached hydrogen (secondary N) is 1. The number of benzene rings is 3. The fourth-order valence-electron chi connectivity index (χ4n) is 4.42. The van der Waals surface area contributed by atoms with Gasteiger partial charge in [0.25, 0.3) is 0 Å². The average molecular weight is 489 g/mol. The van der Waals surface area contributed by atoms with Crippen molar-refractivity contribution in [2.24, 2.45) is 0 Å². The van der Waals surface area contributed by atoms with Crippen LogP contribution >= 0.6 is 0 Å². The van der Waals surface area contributed by atoms with Crippen LogP contribution < -0.4 is 14.8 Å². The molecular formula is C30H36N2O4. The summed E-state index contributed by atoms with van der Waals surface area (Å²) in [6.45, 7) is 4.92. The van der Waals surface area contributed by atoms with E-state index in [1.165, 1.54) is 13.3 Å². The van der Waals surface area contributed by atoms with Crippen molar-refractivity contribution in [1.82, 2.24) is 10.2 Å². The number of ether oxygens (including phenoxy) is 3. The van der Waals surface area contributed by atoms with E-state index in [1.54, 1.807) is 0 Å². The van der Waals surface area contributed by atoms with Gasteiger partial charge in [-0.25, -0.2) is 0 Å². The minimum absolute atomic E-state index is 0.0981. The molecule has 36 heavy (non-hydrogen) atoms. The molecule has 0 bridgehead atoms. The number of nitrogens with zero attached hydrogens (tertiary/aromatic N) is 1. The van der Waals surface area contributed by atoms with E-state index in [-0.39, 0.29) is 5.91 Å². The van der Waals surface area contributed by atoms with Crippen LogP contribution in [0.5, 0.6) is 11.5 Å². The summed E-state index contributed by atoms with van der Waals surface area (Å²) in [7, 11) is 2.15. The average Bonchev–Trinajstić information content (AvgIpc) is 3.31. The van der Waals surface area contributed by atoms with Crippen molar-refractivity contribution in [3.63, 3.8) is 0 Å². The van der Waals surface area contributed by atoms with E-state index < -0.39 is 0 Å². The van der Waals surface area contributed by atoms with Crippen molar-refractivity contribution in [3.05, 3.63) is 95.1 Å². The lowest BCUT2D eigenvalue weighted by molar-refractivity contribution is -0.119. The van der Waals surface area contributed by atoms with Crippen molar-refractivity contribution in [2.75, 3.05) is 20.2 Å². The molecule has 0 unspecified atom stereocenters. The predicted molar refractivity (Wildman–Crippen MR) is 141 cm³/mol. The van der Waals surface area contributed by atoms with Crippen molar-refractivity contribution < 1.29 is 19.0 Å². The molecule has 1 amide bonds. The van der Waals surface area contributed by atoms with Gasteiger partial charge in [0, 0.05) is 25.1 Å². The summed E-state index contributed by atoms with van der Waals surface area (Å²) in [6.07, 6.45) is 2.37. The molecule has 3 aromatic carbocycles. The van der Waals surface area contributed by atoms with Gasteiger partial charge >= 0.3 is 0 Å². The molecule has 190 valence electrons. The number of hydrogen-bond donors (Lipinski definition) is 1. The lowest BCUT2D eigenvalue weighted by Crippen LogP contribution is -2.29. The molecule has 6 heteroatoms. The van der Waals surface area contributed by atoms with Crippen LogP contribution in [0.25, 0.3) is 0 Å². The second-order valence-corrected chi connectivity index (χ2v) is 9.28. The van der Waals surface area contributed by atoms with Crippen LogP contribution in [0.15, 0.2) is 72.8 Å². The zero-order valence-electron chi connectivity index (χ0n) is 21.2. The normalized spacial score (nSPS) is 15.6. The largest absolute Gasteiger partial charge is 0.485 e. The minimum atomic E-state index is -0.0981. The van der Waals surface area contributed by atoms with Gasteiger partial charge in [0.15, 0.2) is 11.5 Å². The van der Waals surface area contributed by atoms with Gasteiger partial charge in [0.2, 0.25) is 5.91 Å². The highest BCUT2D eigenvalue weighted by Gasteiger charge is 2.22. The topological polar surface area (TPSA) is 60.0 Å². The third kappa shape index (κ3) is 7.33. The summed E-state index contributed by atoms with van der Waals surface area (Å²) in [6, 6.07) is 24.5. The van der Waals surface area contributed by atoms with Crippen LogP contribution in [0.2, 0.25) is 0 Å². The maximum Gasteiger partial charge on any atom is 0.217 e. The molecule has 1 aliphatic rings. The number of amides is 1. The van der Waals surface area contributed by atoms with Crippen LogP contribution in [0.4, 0.5) is 0 Å². The molecule has 0 radical (unpaired) electrons. The highest BCUT2D eigenvalue weighted by atomic mass is 16.5. The minimum Gasteiger partial charge on any atom is -0.485 e. The Bertz CT molecular complexity index is 1100. The van der Waals surface area contributed by atoms with Crippen LogP contribution in [0.3, 0.4) is 0 Å². The molecule has 0 aliphatic carbocycles. The summed E-state index contributed by atoms with van der Waals surface area (Å²) in [5.74, 6) is 1.19. The number of likely N-dealkylation sites (tertiary alicyclic amines) is 1. The monoisotopic (exact) mass is 488 g/mol. The third-order valence-electron chi connectivity index (χ3n) is 6.54. The molecular weight excluding hydrogens is 452 g/mol. The van der Waals surface area contributed by atoms with Crippen molar-refractivity contribution in [2.45, 2.75) is 52.2 Å². The Hall–Kier alpha value is -3.35. The number of carbonyl (C=O) groups excluding carboxylic acids is 1. The third-order valence-corrected chi connectivity index (χ3v) is 6.54. The molecule has 0 spiro atoms. The fourth-order valence-corrected chi connectivity index (χ4v) is 4.42. The summed E-state index contributed by atoms with van der Waals surface area (Å²) in [5.41, 5.74) is 4.00. The Balaban J connectivity index is 1.58. The molecule has 0 saturated carbocycles. The standard InChI is InChI=1S/C30H36N2O4/c1-23(33)31-18-28-26(21-34-22-27-14-9-17-32(27)2)15-16-29(35-19-24-10-5-3-6-11-24)30(28)36-20-25-12-7-4-8-13-25/h3-8,10-13,15-16,27H,9,14,17-22H2,1-2H3,(H,31,33)/t27-/m1/s1. The SMILES string of the molecule is CC(=O)NCc1c(COC[C@H]2CCCN2C)ccc(OCc2ccccc2)c1OCc1ccccc1. The van der Waals surface area contributed by atoms with E-state index in [0.29, 0.717) is 50.5 Å². The first kappa shape index (κ1) is 25.7. The van der Waals surface area contributed by atoms with E-state index >= 15 is 0 Å². The van der Waals surface area contributed by atoms with Gasteiger partial charge in [-0.2, -0.15) is 0 Å². The van der Waals surface area contributed by atoms with Gasteiger partial charge in [0.1, 0.15) is 13.2 Å². The first-order valence-electron chi connectivity index (χ1n) is 12.6. The molecule has 1 saturated heterocycles. The fraction of sp³-hybridized carbons (Fsp3) is 0.367. The Morgan fingerprint density at radius 2 is 1.58 bits per heavy atom. The van der Waals surface area contributed by atoms with Gasteiger partial charge in [-0.05, 0) is 49.2 Å². The Morgan fingerprint density at radius 1 is 0.917 bits per heavy atom. The highest BCUT2D eigenvalue weighted by Crippen LogP contribution is 2.36. The Kier molecular flexibility index (Phi) is 9.36. The number of rotatable bonds is 12. The van der Waals surface area contributed by atoms with E-state index in [9.17, 15) is 4.79 Å². The molecule has 1 aliphatic heterocycles. The first-order chi connectivity index (χ1) is 17.6. The predicted octanol–water partition coefficient (Wildman–Crippen LogP) is 5.09. The van der Waals surface area contributed by atoms with Crippen molar-refractivity contribution in [3.8, 4) is 11.5 Å². The van der Waals surface area contributed by atoms with Crippen molar-refractivity contribution in [1.29, 1.82) is 0 Å². The second-order valence-electron chi connectivity index (χ2n) is 9.28. The zero-order valence-corrected chi connectivity index (χ0v) is 21.2. The molecule has 1 atom stereocenters. The van der Waals surface area contributed by atoms with E-state index in [4.69, 9.17) is 14.2 Å². The summed E-state index contributed by atoms with van der Waals surface area (Å²) < 4.78 is 18.8. The van der Waals surface area contributed by atoms with Crippen LogP contribution in [-0.2, 0) is 35.9 Å². The molecule has 1 fully saturated rings.